The molecule has 20 heavy (non-hydrogen) atoms. The smallest absolute Gasteiger partial charge is 0.265 e. The summed E-state index contributed by atoms with van der Waals surface area (Å²) in [6.07, 6.45) is 0.313. The van der Waals surface area contributed by atoms with Gasteiger partial charge in [0.25, 0.3) is 11.8 Å². The topological polar surface area (TPSA) is 51.0 Å². The third kappa shape index (κ3) is 2.23. The Morgan fingerprint density at radius 3 is 2.10 bits per heavy atom. The first-order chi connectivity index (χ1) is 9.56. The molecule has 0 radical (unpaired) electrons. The maximum atomic E-state index is 12.3. The van der Waals surface area contributed by atoms with Gasteiger partial charge in [-0.2, -0.15) is 0 Å². The van der Waals surface area contributed by atoms with E-state index in [1.807, 2.05) is 13.8 Å². The van der Waals surface area contributed by atoms with E-state index in [1.54, 1.807) is 24.3 Å². The standard InChI is InChI=1S/C15H18N2O3/c1-10-7-16(8-11(2)20-10)9-17-14(18)12-5-3-4-6-13(12)15(17)19/h3-6,10-11H,7-9H2,1-2H3/p+1/t10-,11-/m0/s1. The number of morpholine rings is 1. The number of ether oxygens (including phenoxy) is 1. The van der Waals surface area contributed by atoms with Crippen molar-refractivity contribution in [3.63, 3.8) is 0 Å². The van der Waals surface area contributed by atoms with Gasteiger partial charge < -0.3 is 9.64 Å². The molecule has 1 N–H and O–H groups in total. The number of amides is 2. The summed E-state index contributed by atoms with van der Waals surface area (Å²) < 4.78 is 5.69. The Balaban J connectivity index is 1.76. The van der Waals surface area contributed by atoms with Gasteiger partial charge >= 0.3 is 0 Å². The molecule has 3 rings (SSSR count). The monoisotopic (exact) mass is 275 g/mol. The summed E-state index contributed by atoms with van der Waals surface area (Å²) in [5.74, 6) is -0.352. The summed E-state index contributed by atoms with van der Waals surface area (Å²) in [5, 5.41) is 0. The highest BCUT2D eigenvalue weighted by atomic mass is 16.5. The fraction of sp³-hybridized carbons (Fsp3) is 0.467. The van der Waals surface area contributed by atoms with Crippen LogP contribution in [-0.2, 0) is 4.74 Å². The molecule has 106 valence electrons. The van der Waals surface area contributed by atoms with Gasteiger partial charge in [-0.15, -0.1) is 0 Å². The highest BCUT2D eigenvalue weighted by molar-refractivity contribution is 6.21. The van der Waals surface area contributed by atoms with Gasteiger partial charge in [0.2, 0.25) is 0 Å². The van der Waals surface area contributed by atoms with Crippen LogP contribution in [0.4, 0.5) is 0 Å². The van der Waals surface area contributed by atoms with Gasteiger partial charge in [-0.25, -0.2) is 4.90 Å². The van der Waals surface area contributed by atoms with Crippen LogP contribution in [-0.4, -0.2) is 48.7 Å². The number of hydrogen-bond acceptors (Lipinski definition) is 3. The summed E-state index contributed by atoms with van der Waals surface area (Å²) in [4.78, 5) is 27.2. The van der Waals surface area contributed by atoms with Gasteiger partial charge in [-0.1, -0.05) is 12.1 Å². The van der Waals surface area contributed by atoms with Crippen molar-refractivity contribution >= 4 is 11.8 Å². The maximum absolute atomic E-state index is 12.3. The van der Waals surface area contributed by atoms with E-state index < -0.39 is 0 Å². The molecule has 1 fully saturated rings. The van der Waals surface area contributed by atoms with Crippen LogP contribution in [0.5, 0.6) is 0 Å². The number of carbonyl (C=O) groups excluding carboxylic acids is 2. The van der Waals surface area contributed by atoms with Crippen molar-refractivity contribution in [2.75, 3.05) is 19.8 Å². The van der Waals surface area contributed by atoms with E-state index >= 15 is 0 Å². The number of nitrogens with zero attached hydrogens (tertiary/aromatic N) is 1. The second-order valence-corrected chi connectivity index (χ2v) is 5.66. The molecule has 0 unspecified atom stereocenters. The first-order valence-electron chi connectivity index (χ1n) is 7.00. The predicted molar refractivity (Wildman–Crippen MR) is 72.5 cm³/mol. The number of benzene rings is 1. The largest absolute Gasteiger partial charge is 0.364 e. The van der Waals surface area contributed by atoms with Crippen molar-refractivity contribution < 1.29 is 19.2 Å². The zero-order valence-corrected chi connectivity index (χ0v) is 11.8. The number of imide groups is 1. The molecule has 5 heteroatoms. The quantitative estimate of drug-likeness (QED) is 0.769. The van der Waals surface area contributed by atoms with E-state index in [0.717, 1.165) is 13.1 Å². The average molecular weight is 275 g/mol. The molecule has 0 spiro atoms. The first kappa shape index (κ1) is 13.3. The van der Waals surface area contributed by atoms with Crippen LogP contribution >= 0.6 is 0 Å². The minimum atomic E-state index is -0.176. The number of rotatable bonds is 2. The molecule has 2 heterocycles. The van der Waals surface area contributed by atoms with Crippen LogP contribution in [0.3, 0.4) is 0 Å². The maximum Gasteiger partial charge on any atom is 0.265 e. The molecule has 2 aliphatic rings. The molecule has 2 atom stereocenters. The number of nitrogens with one attached hydrogen (secondary N) is 1. The van der Waals surface area contributed by atoms with Crippen LogP contribution in [0.1, 0.15) is 34.6 Å². The van der Waals surface area contributed by atoms with Crippen LogP contribution in [0.2, 0.25) is 0 Å². The molecule has 2 amide bonds. The van der Waals surface area contributed by atoms with E-state index in [1.165, 1.54) is 9.80 Å². The first-order valence-corrected chi connectivity index (χ1v) is 7.00. The van der Waals surface area contributed by atoms with Crippen molar-refractivity contribution in [2.24, 2.45) is 0 Å². The third-order valence-corrected chi connectivity index (χ3v) is 3.88. The SMILES string of the molecule is C[C@H]1C[NH+](CN2C(=O)c3ccccc3C2=O)C[C@H](C)O1. The fourth-order valence-corrected chi connectivity index (χ4v) is 3.12. The molecule has 5 nitrogen and oxygen atoms in total. The van der Waals surface area contributed by atoms with Crippen molar-refractivity contribution in [1.82, 2.24) is 4.90 Å². The highest BCUT2D eigenvalue weighted by Gasteiger charge is 2.38. The van der Waals surface area contributed by atoms with Gasteiger partial charge in [-0.3, -0.25) is 9.59 Å². The second kappa shape index (κ2) is 5.00. The number of fused-ring (bicyclic) bond motifs is 1. The van der Waals surface area contributed by atoms with Crippen molar-refractivity contribution in [3.8, 4) is 0 Å². The Morgan fingerprint density at radius 2 is 1.60 bits per heavy atom. The zero-order valence-electron chi connectivity index (χ0n) is 11.8. The van der Waals surface area contributed by atoms with E-state index in [2.05, 4.69) is 0 Å². The molecule has 0 aliphatic carbocycles. The zero-order chi connectivity index (χ0) is 14.3. The number of carbonyl (C=O) groups is 2. The van der Waals surface area contributed by atoms with Gasteiger partial charge in [0.15, 0.2) is 6.67 Å². The molecular formula is C15H19N2O3+. The molecular weight excluding hydrogens is 256 g/mol. The summed E-state index contributed by atoms with van der Waals surface area (Å²) >= 11 is 0. The lowest BCUT2D eigenvalue weighted by atomic mass is 10.1. The van der Waals surface area contributed by atoms with Crippen LogP contribution in [0, 0.1) is 0 Å². The molecule has 0 bridgehead atoms. The molecule has 1 saturated heterocycles. The van der Waals surface area contributed by atoms with Crippen LogP contribution in [0.15, 0.2) is 24.3 Å². The Kier molecular flexibility index (Phi) is 3.31. The summed E-state index contributed by atoms with van der Waals surface area (Å²) in [6.45, 7) is 6.11. The van der Waals surface area contributed by atoms with E-state index in [9.17, 15) is 9.59 Å². The number of hydrogen-bond donors (Lipinski definition) is 1. The molecule has 0 aromatic heterocycles. The van der Waals surface area contributed by atoms with Gasteiger partial charge in [0.05, 0.1) is 11.1 Å². The lowest BCUT2D eigenvalue weighted by molar-refractivity contribution is -0.921. The fourth-order valence-electron chi connectivity index (χ4n) is 3.12. The summed E-state index contributed by atoms with van der Waals surface area (Å²) in [6, 6.07) is 7.02. The molecule has 1 aromatic rings. The van der Waals surface area contributed by atoms with Gasteiger partial charge in [0, 0.05) is 0 Å². The summed E-state index contributed by atoms with van der Waals surface area (Å²) in [5.41, 5.74) is 1.04. The van der Waals surface area contributed by atoms with Gasteiger partial charge in [0.1, 0.15) is 25.3 Å². The molecule has 2 aliphatic heterocycles. The predicted octanol–water partition coefficient (Wildman–Crippen LogP) is -0.0678. The van der Waals surface area contributed by atoms with Crippen molar-refractivity contribution in [2.45, 2.75) is 26.1 Å². The minimum absolute atomic E-state index is 0.156. The third-order valence-electron chi connectivity index (χ3n) is 3.88. The Hall–Kier alpha value is -1.72. The lowest BCUT2D eigenvalue weighted by Crippen LogP contribution is -3.16. The Labute approximate surface area is 118 Å². The molecule has 0 saturated carbocycles. The van der Waals surface area contributed by atoms with Crippen LogP contribution < -0.4 is 4.90 Å². The average Bonchev–Trinajstić information content (AvgIpc) is 2.64. The normalized spacial score (nSPS) is 29.7. The molecule has 1 aromatic carbocycles. The highest BCUT2D eigenvalue weighted by Crippen LogP contribution is 2.21. The van der Waals surface area contributed by atoms with Crippen LogP contribution in [0.25, 0.3) is 0 Å². The van der Waals surface area contributed by atoms with E-state index in [0.29, 0.717) is 17.8 Å². The summed E-state index contributed by atoms with van der Waals surface area (Å²) in [7, 11) is 0. The van der Waals surface area contributed by atoms with E-state index in [-0.39, 0.29) is 24.0 Å². The van der Waals surface area contributed by atoms with Gasteiger partial charge in [-0.05, 0) is 26.0 Å². The Bertz CT molecular complexity index is 513. The minimum Gasteiger partial charge on any atom is -0.364 e. The van der Waals surface area contributed by atoms with Crippen molar-refractivity contribution in [1.29, 1.82) is 0 Å². The Morgan fingerprint density at radius 1 is 1.10 bits per heavy atom. The van der Waals surface area contributed by atoms with E-state index in [4.69, 9.17) is 4.74 Å². The number of quaternary nitrogens is 1. The second-order valence-electron chi connectivity index (χ2n) is 5.66. The lowest BCUT2D eigenvalue weighted by Gasteiger charge is -2.33. The van der Waals surface area contributed by atoms with Crippen molar-refractivity contribution in [3.05, 3.63) is 35.4 Å².